The summed E-state index contributed by atoms with van der Waals surface area (Å²) in [5.74, 6) is -2.33. The Hall–Kier alpha value is -1.59. The zero-order valence-electron chi connectivity index (χ0n) is 11.5. The van der Waals surface area contributed by atoms with E-state index in [1.54, 1.807) is 0 Å². The fourth-order valence-corrected chi connectivity index (χ4v) is 1.73. The normalized spacial score (nSPS) is 11.8. The first-order valence-electron chi connectivity index (χ1n) is 6.77. The lowest BCUT2D eigenvalue weighted by Crippen LogP contribution is -2.43. The highest BCUT2D eigenvalue weighted by atomic mass is 16.4. The maximum absolute atomic E-state index is 11.5. The predicted octanol–water partition coefficient (Wildman–Crippen LogP) is 1.18. The third kappa shape index (κ3) is 10.1. The molecule has 4 N–H and O–H groups in total. The van der Waals surface area contributed by atoms with Gasteiger partial charge < -0.3 is 16.2 Å². The van der Waals surface area contributed by atoms with Crippen molar-refractivity contribution < 1.29 is 19.5 Å². The third-order valence-corrected chi connectivity index (χ3v) is 2.80. The molecule has 0 bridgehead atoms. The smallest absolute Gasteiger partial charge is 0.326 e. The van der Waals surface area contributed by atoms with Crippen LogP contribution in [0, 0.1) is 0 Å². The fraction of sp³-hybridized carbons (Fsp3) is 0.769. The lowest BCUT2D eigenvalue weighted by Gasteiger charge is -2.12. The van der Waals surface area contributed by atoms with Gasteiger partial charge >= 0.3 is 5.97 Å². The van der Waals surface area contributed by atoms with Crippen LogP contribution in [0.5, 0.6) is 0 Å². The zero-order valence-corrected chi connectivity index (χ0v) is 11.5. The minimum absolute atomic E-state index is 0.286. The van der Waals surface area contributed by atoms with Gasteiger partial charge in [0.1, 0.15) is 6.04 Å². The van der Waals surface area contributed by atoms with Crippen LogP contribution in [-0.4, -0.2) is 28.9 Å². The standard InChI is InChI=1S/C13H24N2O4/c1-2-3-4-5-6-7-8-12(17)15-10(13(18)19)9-11(14)16/h10H,2-9H2,1H3,(H2,14,16)(H,15,17)(H,18,19)/t10-/m0/s1. The summed E-state index contributed by atoms with van der Waals surface area (Å²) >= 11 is 0. The zero-order chi connectivity index (χ0) is 14.7. The second-order valence-electron chi connectivity index (χ2n) is 4.65. The van der Waals surface area contributed by atoms with Crippen LogP contribution in [0.4, 0.5) is 0 Å². The van der Waals surface area contributed by atoms with Crippen LogP contribution in [0.15, 0.2) is 0 Å². The van der Waals surface area contributed by atoms with Crippen LogP contribution in [0.25, 0.3) is 0 Å². The number of unbranched alkanes of at least 4 members (excludes halogenated alkanes) is 5. The molecule has 0 saturated carbocycles. The first-order valence-corrected chi connectivity index (χ1v) is 6.77. The molecule has 0 radical (unpaired) electrons. The summed E-state index contributed by atoms with van der Waals surface area (Å²) in [6.45, 7) is 2.14. The third-order valence-electron chi connectivity index (χ3n) is 2.80. The average molecular weight is 272 g/mol. The van der Waals surface area contributed by atoms with Gasteiger partial charge in [-0.1, -0.05) is 39.0 Å². The van der Waals surface area contributed by atoms with Crippen LogP contribution in [-0.2, 0) is 14.4 Å². The quantitative estimate of drug-likeness (QED) is 0.490. The molecular weight excluding hydrogens is 248 g/mol. The van der Waals surface area contributed by atoms with Gasteiger partial charge in [-0.15, -0.1) is 0 Å². The summed E-state index contributed by atoms with van der Waals surface area (Å²) in [6.07, 6.45) is 6.23. The number of nitrogens with one attached hydrogen (secondary N) is 1. The summed E-state index contributed by atoms with van der Waals surface area (Å²) in [4.78, 5) is 33.0. The highest BCUT2D eigenvalue weighted by molar-refractivity contribution is 5.88. The molecule has 6 nitrogen and oxygen atoms in total. The molecule has 1 atom stereocenters. The molecule has 0 aliphatic heterocycles. The van der Waals surface area contributed by atoms with Crippen molar-refractivity contribution in [1.82, 2.24) is 5.32 Å². The van der Waals surface area contributed by atoms with Gasteiger partial charge in [0.25, 0.3) is 0 Å². The van der Waals surface area contributed by atoms with E-state index in [0.29, 0.717) is 0 Å². The molecule has 0 heterocycles. The number of hydrogen-bond donors (Lipinski definition) is 3. The van der Waals surface area contributed by atoms with Crippen LogP contribution < -0.4 is 11.1 Å². The van der Waals surface area contributed by atoms with Crippen molar-refractivity contribution in [1.29, 1.82) is 0 Å². The Morgan fingerprint density at radius 1 is 1.11 bits per heavy atom. The molecule has 0 unspecified atom stereocenters. The Morgan fingerprint density at radius 3 is 2.21 bits per heavy atom. The van der Waals surface area contributed by atoms with Crippen molar-refractivity contribution in [3.05, 3.63) is 0 Å². The van der Waals surface area contributed by atoms with Crippen molar-refractivity contribution in [2.75, 3.05) is 0 Å². The van der Waals surface area contributed by atoms with E-state index in [0.717, 1.165) is 25.7 Å². The van der Waals surface area contributed by atoms with E-state index < -0.39 is 17.9 Å². The lowest BCUT2D eigenvalue weighted by atomic mass is 10.1. The van der Waals surface area contributed by atoms with E-state index in [1.807, 2.05) is 0 Å². The predicted molar refractivity (Wildman–Crippen MR) is 71.4 cm³/mol. The van der Waals surface area contributed by atoms with Crippen LogP contribution in [0.3, 0.4) is 0 Å². The number of hydrogen-bond acceptors (Lipinski definition) is 3. The van der Waals surface area contributed by atoms with E-state index in [4.69, 9.17) is 10.8 Å². The maximum atomic E-state index is 11.5. The van der Waals surface area contributed by atoms with E-state index in [1.165, 1.54) is 12.8 Å². The summed E-state index contributed by atoms with van der Waals surface area (Å²) in [5, 5.41) is 11.1. The van der Waals surface area contributed by atoms with Crippen molar-refractivity contribution in [3.63, 3.8) is 0 Å². The second-order valence-corrected chi connectivity index (χ2v) is 4.65. The summed E-state index contributed by atoms with van der Waals surface area (Å²) in [5.41, 5.74) is 4.92. The lowest BCUT2D eigenvalue weighted by molar-refractivity contribution is -0.143. The van der Waals surface area contributed by atoms with Crippen molar-refractivity contribution in [3.8, 4) is 0 Å². The van der Waals surface area contributed by atoms with Crippen LogP contribution in [0.2, 0.25) is 0 Å². The number of amides is 2. The van der Waals surface area contributed by atoms with E-state index in [9.17, 15) is 14.4 Å². The molecule has 0 fully saturated rings. The molecule has 0 aromatic carbocycles. The Morgan fingerprint density at radius 2 is 1.68 bits per heavy atom. The van der Waals surface area contributed by atoms with Gasteiger partial charge in [-0.25, -0.2) is 4.79 Å². The monoisotopic (exact) mass is 272 g/mol. The fourth-order valence-electron chi connectivity index (χ4n) is 1.73. The largest absolute Gasteiger partial charge is 0.480 e. The van der Waals surface area contributed by atoms with E-state index in [2.05, 4.69) is 12.2 Å². The molecule has 0 aromatic heterocycles. The van der Waals surface area contributed by atoms with E-state index in [-0.39, 0.29) is 18.7 Å². The topological polar surface area (TPSA) is 109 Å². The number of carboxylic acid groups (broad SMARTS) is 1. The van der Waals surface area contributed by atoms with Gasteiger partial charge in [0.2, 0.25) is 11.8 Å². The number of carbonyl (C=O) groups excluding carboxylic acids is 2. The maximum Gasteiger partial charge on any atom is 0.326 e. The Balaban J connectivity index is 3.81. The van der Waals surface area contributed by atoms with Gasteiger partial charge in [-0.3, -0.25) is 9.59 Å². The minimum atomic E-state index is -1.24. The van der Waals surface area contributed by atoms with Crippen LogP contribution in [0.1, 0.15) is 58.3 Å². The number of rotatable bonds is 11. The van der Waals surface area contributed by atoms with Crippen LogP contribution >= 0.6 is 0 Å². The van der Waals surface area contributed by atoms with Gasteiger partial charge in [0.15, 0.2) is 0 Å². The van der Waals surface area contributed by atoms with Gasteiger partial charge in [0, 0.05) is 6.42 Å². The SMILES string of the molecule is CCCCCCCCC(=O)N[C@@H](CC(N)=O)C(=O)O. The Kier molecular flexibility index (Phi) is 9.48. The van der Waals surface area contributed by atoms with Gasteiger partial charge in [-0.05, 0) is 6.42 Å². The average Bonchev–Trinajstić information content (AvgIpc) is 2.32. The van der Waals surface area contributed by atoms with Crippen molar-refractivity contribution in [2.45, 2.75) is 64.3 Å². The summed E-state index contributed by atoms with van der Waals surface area (Å²) in [6, 6.07) is -1.22. The summed E-state index contributed by atoms with van der Waals surface area (Å²) in [7, 11) is 0. The molecule has 0 aliphatic carbocycles. The molecule has 0 aliphatic rings. The number of carbonyl (C=O) groups is 3. The molecule has 6 heteroatoms. The number of primary amides is 1. The van der Waals surface area contributed by atoms with Gasteiger partial charge in [0.05, 0.1) is 6.42 Å². The Labute approximate surface area is 113 Å². The minimum Gasteiger partial charge on any atom is -0.480 e. The molecular formula is C13H24N2O4. The molecule has 0 saturated heterocycles. The number of nitrogens with two attached hydrogens (primary N) is 1. The molecule has 0 aromatic rings. The number of aliphatic carboxylic acids is 1. The second kappa shape index (κ2) is 10.3. The highest BCUT2D eigenvalue weighted by Crippen LogP contribution is 2.07. The highest BCUT2D eigenvalue weighted by Gasteiger charge is 2.21. The summed E-state index contributed by atoms with van der Waals surface area (Å²) < 4.78 is 0. The van der Waals surface area contributed by atoms with Crippen molar-refractivity contribution >= 4 is 17.8 Å². The molecule has 2 amide bonds. The number of carboxylic acids is 1. The Bertz CT molecular complexity index is 305. The first kappa shape index (κ1) is 17.4. The van der Waals surface area contributed by atoms with E-state index >= 15 is 0 Å². The van der Waals surface area contributed by atoms with Gasteiger partial charge in [-0.2, -0.15) is 0 Å². The van der Waals surface area contributed by atoms with Crippen molar-refractivity contribution in [2.24, 2.45) is 5.73 Å². The molecule has 19 heavy (non-hydrogen) atoms. The molecule has 110 valence electrons. The molecule has 0 rings (SSSR count). The molecule has 0 spiro atoms. The first-order chi connectivity index (χ1) is 8.97.